The lowest BCUT2D eigenvalue weighted by Crippen LogP contribution is -2.10. The second kappa shape index (κ2) is 7.57. The molecule has 0 bridgehead atoms. The van der Waals surface area contributed by atoms with Crippen LogP contribution in [0.1, 0.15) is 5.56 Å². The molecule has 5 nitrogen and oxygen atoms in total. The quantitative estimate of drug-likeness (QED) is 0.654. The summed E-state index contributed by atoms with van der Waals surface area (Å²) in [6.45, 7) is 0.0900. The standard InChI is InChI=1S/C19H18N2O3/c1-23-14-18(22)24-13-16-12-21(17-10-6-3-7-11-17)20-19(16)15-8-4-2-5-9-15/h2-12H,13-14H2,1H3. The number of methoxy groups -OCH3 is 1. The van der Waals surface area contributed by atoms with Gasteiger partial charge in [0.25, 0.3) is 0 Å². The highest BCUT2D eigenvalue weighted by Gasteiger charge is 2.14. The minimum Gasteiger partial charge on any atom is -0.459 e. The molecule has 24 heavy (non-hydrogen) atoms. The summed E-state index contributed by atoms with van der Waals surface area (Å²) in [7, 11) is 1.46. The molecular weight excluding hydrogens is 304 g/mol. The summed E-state index contributed by atoms with van der Waals surface area (Å²) >= 11 is 0. The summed E-state index contributed by atoms with van der Waals surface area (Å²) < 4.78 is 11.8. The summed E-state index contributed by atoms with van der Waals surface area (Å²) in [6, 6.07) is 19.7. The molecule has 0 N–H and O–H groups in total. The summed E-state index contributed by atoms with van der Waals surface area (Å²) in [6.07, 6.45) is 1.89. The Morgan fingerprint density at radius 3 is 2.38 bits per heavy atom. The van der Waals surface area contributed by atoms with Gasteiger partial charge in [0.05, 0.1) is 11.4 Å². The average molecular weight is 322 g/mol. The number of carbonyl (C=O) groups excluding carboxylic acids is 1. The molecule has 5 heteroatoms. The highest BCUT2D eigenvalue weighted by Crippen LogP contribution is 2.24. The lowest BCUT2D eigenvalue weighted by Gasteiger charge is -2.04. The third-order valence-corrected chi connectivity index (χ3v) is 3.51. The Morgan fingerprint density at radius 2 is 1.71 bits per heavy atom. The molecule has 0 radical (unpaired) electrons. The topological polar surface area (TPSA) is 53.4 Å². The van der Waals surface area contributed by atoms with Gasteiger partial charge in [-0.15, -0.1) is 0 Å². The lowest BCUT2D eigenvalue weighted by atomic mass is 10.1. The van der Waals surface area contributed by atoms with Crippen molar-refractivity contribution in [1.82, 2.24) is 9.78 Å². The first-order valence-electron chi connectivity index (χ1n) is 7.62. The molecule has 0 amide bonds. The number of carbonyl (C=O) groups is 1. The van der Waals surface area contributed by atoms with Crippen molar-refractivity contribution in [3.8, 4) is 16.9 Å². The highest BCUT2D eigenvalue weighted by molar-refractivity contribution is 5.71. The smallest absolute Gasteiger partial charge is 0.332 e. The van der Waals surface area contributed by atoms with Crippen molar-refractivity contribution in [2.75, 3.05) is 13.7 Å². The molecule has 0 atom stereocenters. The molecular formula is C19H18N2O3. The second-order valence-corrected chi connectivity index (χ2v) is 5.24. The van der Waals surface area contributed by atoms with Crippen molar-refractivity contribution >= 4 is 5.97 Å². The molecule has 0 aliphatic rings. The van der Waals surface area contributed by atoms with Gasteiger partial charge in [0.1, 0.15) is 13.2 Å². The van der Waals surface area contributed by atoms with Crippen molar-refractivity contribution < 1.29 is 14.3 Å². The fraction of sp³-hybridized carbons (Fsp3) is 0.158. The lowest BCUT2D eigenvalue weighted by molar-refractivity contribution is -0.149. The Kier molecular flexibility index (Phi) is 5.03. The predicted octanol–water partition coefficient (Wildman–Crippen LogP) is 3.23. The van der Waals surface area contributed by atoms with Crippen LogP contribution in [0.2, 0.25) is 0 Å². The molecule has 0 spiro atoms. The maximum atomic E-state index is 11.6. The molecule has 122 valence electrons. The molecule has 1 heterocycles. The Labute approximate surface area is 140 Å². The summed E-state index contributed by atoms with van der Waals surface area (Å²) in [5.41, 5.74) is 3.56. The van der Waals surface area contributed by atoms with E-state index in [-0.39, 0.29) is 13.2 Å². The zero-order valence-electron chi connectivity index (χ0n) is 13.4. The molecule has 0 unspecified atom stereocenters. The van der Waals surface area contributed by atoms with Gasteiger partial charge in [-0.25, -0.2) is 9.48 Å². The van der Waals surface area contributed by atoms with Crippen molar-refractivity contribution in [3.05, 3.63) is 72.4 Å². The van der Waals surface area contributed by atoms with Crippen LogP contribution in [0.3, 0.4) is 0 Å². The first-order chi connectivity index (χ1) is 11.8. The van der Waals surface area contributed by atoms with E-state index in [4.69, 9.17) is 9.47 Å². The van der Waals surface area contributed by atoms with E-state index in [0.29, 0.717) is 0 Å². The van der Waals surface area contributed by atoms with Gasteiger partial charge in [-0.05, 0) is 12.1 Å². The van der Waals surface area contributed by atoms with Crippen LogP contribution in [0.15, 0.2) is 66.9 Å². The maximum absolute atomic E-state index is 11.6. The molecule has 0 fully saturated rings. The van der Waals surface area contributed by atoms with Gasteiger partial charge in [-0.2, -0.15) is 5.10 Å². The number of rotatable bonds is 6. The van der Waals surface area contributed by atoms with Crippen LogP contribution in [0, 0.1) is 0 Å². The minimum absolute atomic E-state index is 0.0620. The molecule has 0 aliphatic heterocycles. The number of benzene rings is 2. The van der Waals surface area contributed by atoms with Crippen LogP contribution < -0.4 is 0 Å². The number of ether oxygens (including phenoxy) is 2. The van der Waals surface area contributed by atoms with Gasteiger partial charge >= 0.3 is 5.97 Å². The predicted molar refractivity (Wildman–Crippen MR) is 90.7 cm³/mol. The largest absolute Gasteiger partial charge is 0.459 e. The van der Waals surface area contributed by atoms with Gasteiger partial charge in [0.15, 0.2) is 0 Å². The maximum Gasteiger partial charge on any atom is 0.332 e. The summed E-state index contributed by atoms with van der Waals surface area (Å²) in [4.78, 5) is 11.6. The third-order valence-electron chi connectivity index (χ3n) is 3.51. The third kappa shape index (κ3) is 3.70. The molecule has 3 rings (SSSR count). The van der Waals surface area contributed by atoms with Crippen LogP contribution in [0.5, 0.6) is 0 Å². The van der Waals surface area contributed by atoms with Crippen molar-refractivity contribution in [1.29, 1.82) is 0 Å². The highest BCUT2D eigenvalue weighted by atomic mass is 16.6. The van der Waals surface area contributed by atoms with Gasteiger partial charge < -0.3 is 9.47 Å². The van der Waals surface area contributed by atoms with Gasteiger partial charge in [-0.1, -0.05) is 48.5 Å². The van der Waals surface area contributed by atoms with E-state index in [0.717, 1.165) is 22.5 Å². The van der Waals surface area contributed by atoms with E-state index in [1.165, 1.54) is 7.11 Å². The van der Waals surface area contributed by atoms with E-state index in [2.05, 4.69) is 5.10 Å². The number of nitrogens with zero attached hydrogens (tertiary/aromatic N) is 2. The number of para-hydroxylation sites is 1. The van der Waals surface area contributed by atoms with Crippen molar-refractivity contribution in [3.63, 3.8) is 0 Å². The van der Waals surface area contributed by atoms with Gasteiger partial charge in [0, 0.05) is 24.4 Å². The minimum atomic E-state index is -0.399. The van der Waals surface area contributed by atoms with Gasteiger partial charge in [0.2, 0.25) is 0 Å². The Morgan fingerprint density at radius 1 is 1.04 bits per heavy atom. The fourth-order valence-electron chi connectivity index (χ4n) is 2.39. The van der Waals surface area contributed by atoms with Crippen LogP contribution >= 0.6 is 0 Å². The SMILES string of the molecule is COCC(=O)OCc1cn(-c2ccccc2)nc1-c1ccccc1. The fourth-order valence-corrected chi connectivity index (χ4v) is 2.39. The zero-order valence-corrected chi connectivity index (χ0v) is 13.4. The molecule has 0 saturated carbocycles. The zero-order chi connectivity index (χ0) is 16.8. The van der Waals surface area contributed by atoms with Crippen LogP contribution in [-0.4, -0.2) is 29.5 Å². The van der Waals surface area contributed by atoms with E-state index >= 15 is 0 Å². The van der Waals surface area contributed by atoms with E-state index < -0.39 is 5.97 Å². The van der Waals surface area contributed by atoms with E-state index in [9.17, 15) is 4.79 Å². The van der Waals surface area contributed by atoms with Crippen LogP contribution in [0.4, 0.5) is 0 Å². The number of esters is 1. The molecule has 1 aromatic heterocycles. The van der Waals surface area contributed by atoms with E-state index in [1.54, 1.807) is 4.68 Å². The van der Waals surface area contributed by atoms with E-state index in [1.807, 2.05) is 66.9 Å². The van der Waals surface area contributed by atoms with Crippen LogP contribution in [-0.2, 0) is 20.9 Å². The van der Waals surface area contributed by atoms with Gasteiger partial charge in [-0.3, -0.25) is 0 Å². The number of hydrogen-bond acceptors (Lipinski definition) is 4. The Balaban J connectivity index is 1.93. The summed E-state index contributed by atoms with van der Waals surface area (Å²) in [5, 5.41) is 4.67. The second-order valence-electron chi connectivity index (χ2n) is 5.24. The molecule has 0 saturated heterocycles. The van der Waals surface area contributed by atoms with Crippen molar-refractivity contribution in [2.24, 2.45) is 0 Å². The average Bonchev–Trinajstić information content (AvgIpc) is 3.06. The first-order valence-corrected chi connectivity index (χ1v) is 7.62. The monoisotopic (exact) mass is 322 g/mol. The molecule has 3 aromatic rings. The first kappa shape index (κ1) is 16.0. The number of aromatic nitrogens is 2. The molecule has 0 aliphatic carbocycles. The summed E-state index contributed by atoms with van der Waals surface area (Å²) in [5.74, 6) is -0.399. The van der Waals surface area contributed by atoms with Crippen LogP contribution in [0.25, 0.3) is 16.9 Å². The Hall–Kier alpha value is -2.92. The number of hydrogen-bond donors (Lipinski definition) is 0. The normalized spacial score (nSPS) is 10.5. The van der Waals surface area contributed by atoms with Crippen molar-refractivity contribution in [2.45, 2.75) is 6.61 Å². The molecule has 2 aromatic carbocycles. The Bertz CT molecular complexity index is 798.